The molecule has 0 unspecified atom stereocenters. The molecular formula is C46H47ClN8O5S2. The summed E-state index contributed by atoms with van der Waals surface area (Å²) in [5.74, 6) is 0.504. The number of thioether (sulfide) groups is 1. The van der Waals surface area contributed by atoms with Gasteiger partial charge in [-0.1, -0.05) is 66.2 Å². The van der Waals surface area contributed by atoms with Gasteiger partial charge in [0, 0.05) is 91.1 Å². The van der Waals surface area contributed by atoms with E-state index in [1.165, 1.54) is 29.6 Å². The van der Waals surface area contributed by atoms with E-state index in [9.17, 15) is 23.3 Å². The van der Waals surface area contributed by atoms with Crippen LogP contribution in [0.3, 0.4) is 0 Å². The number of nitro groups is 1. The first-order valence-electron chi connectivity index (χ1n) is 20.7. The summed E-state index contributed by atoms with van der Waals surface area (Å²) in [5.41, 5.74) is 4.79. The summed E-state index contributed by atoms with van der Waals surface area (Å²) in [6.45, 7) is 5.51. The van der Waals surface area contributed by atoms with Crippen molar-refractivity contribution < 1.29 is 18.1 Å². The monoisotopic (exact) mass is 890 g/mol. The number of piperidine rings is 1. The maximum Gasteiger partial charge on any atom is 0.293 e. The highest BCUT2D eigenvalue weighted by Crippen LogP contribution is 2.33. The summed E-state index contributed by atoms with van der Waals surface area (Å²) < 4.78 is 30.2. The molecule has 2 aliphatic heterocycles. The average Bonchev–Trinajstić information content (AvgIpc) is 3.29. The molecule has 5 aromatic carbocycles. The Balaban J connectivity index is 0.943. The van der Waals surface area contributed by atoms with E-state index in [0.29, 0.717) is 34.8 Å². The molecule has 0 aliphatic carbocycles. The third-order valence-electron chi connectivity index (χ3n) is 11.3. The molecule has 1 aromatic heterocycles. The molecule has 1 amide bonds. The van der Waals surface area contributed by atoms with E-state index in [0.717, 1.165) is 74.2 Å². The highest BCUT2D eigenvalue weighted by atomic mass is 35.5. The van der Waals surface area contributed by atoms with Gasteiger partial charge in [0.1, 0.15) is 12.0 Å². The molecule has 16 heteroatoms. The molecule has 0 radical (unpaired) electrons. The molecule has 2 saturated heterocycles. The molecule has 2 aliphatic rings. The van der Waals surface area contributed by atoms with Gasteiger partial charge < -0.3 is 15.1 Å². The lowest BCUT2D eigenvalue weighted by Gasteiger charge is -2.36. The van der Waals surface area contributed by atoms with Gasteiger partial charge in [0.25, 0.3) is 15.7 Å². The van der Waals surface area contributed by atoms with Crippen molar-refractivity contribution in [2.75, 3.05) is 60.0 Å². The normalized spacial score (nSPS) is 15.3. The molecule has 13 nitrogen and oxygen atoms in total. The van der Waals surface area contributed by atoms with Crippen LogP contribution >= 0.6 is 23.4 Å². The van der Waals surface area contributed by atoms with Gasteiger partial charge in [0.05, 0.1) is 15.3 Å². The summed E-state index contributed by atoms with van der Waals surface area (Å²) in [4.78, 5) is 41.2. The third kappa shape index (κ3) is 10.5. The van der Waals surface area contributed by atoms with E-state index < -0.39 is 26.7 Å². The van der Waals surface area contributed by atoms with Crippen molar-refractivity contribution >= 4 is 73.1 Å². The van der Waals surface area contributed by atoms with Crippen LogP contribution in [0, 0.1) is 10.1 Å². The summed E-state index contributed by atoms with van der Waals surface area (Å²) in [6.07, 6.45) is 4.42. The minimum Gasteiger partial charge on any atom is -0.375 e. The number of rotatable bonds is 15. The molecule has 3 heterocycles. The Hall–Kier alpha value is -5.74. The topological polar surface area (TPSA) is 154 Å². The number of hydrogen-bond acceptors (Lipinski definition) is 11. The number of aromatic nitrogens is 2. The van der Waals surface area contributed by atoms with Crippen LogP contribution in [-0.4, -0.2) is 90.1 Å². The average molecular weight is 892 g/mol. The summed E-state index contributed by atoms with van der Waals surface area (Å²) in [6, 6.07) is 35.0. The van der Waals surface area contributed by atoms with Gasteiger partial charge in [-0.05, 0) is 90.6 Å². The van der Waals surface area contributed by atoms with Crippen molar-refractivity contribution in [2.45, 2.75) is 48.1 Å². The number of nitrogens with one attached hydrogen (secondary N) is 2. The molecule has 0 saturated carbocycles. The van der Waals surface area contributed by atoms with Gasteiger partial charge >= 0.3 is 0 Å². The zero-order chi connectivity index (χ0) is 43.1. The molecular weight excluding hydrogens is 844 g/mol. The number of hydrogen-bond donors (Lipinski definition) is 2. The maximum atomic E-state index is 13.8. The van der Waals surface area contributed by atoms with E-state index in [4.69, 9.17) is 11.6 Å². The first-order valence-corrected chi connectivity index (χ1v) is 23.5. The lowest BCUT2D eigenvalue weighted by Crippen LogP contribution is -2.46. The molecule has 2 fully saturated rings. The van der Waals surface area contributed by atoms with Crippen LogP contribution in [0.1, 0.15) is 31.2 Å². The first-order chi connectivity index (χ1) is 30.1. The molecule has 0 spiro atoms. The fourth-order valence-corrected chi connectivity index (χ4v) is 10.1. The molecule has 0 bridgehead atoms. The Morgan fingerprint density at radius 1 is 0.839 bits per heavy atom. The van der Waals surface area contributed by atoms with E-state index in [-0.39, 0.29) is 28.7 Å². The summed E-state index contributed by atoms with van der Waals surface area (Å²) >= 11 is 7.69. The number of amides is 1. The van der Waals surface area contributed by atoms with E-state index >= 15 is 0 Å². The van der Waals surface area contributed by atoms with Gasteiger partial charge in [-0.25, -0.2) is 18.4 Å². The lowest BCUT2D eigenvalue weighted by molar-refractivity contribution is -0.384. The van der Waals surface area contributed by atoms with Gasteiger partial charge in [-0.3, -0.25) is 24.5 Å². The third-order valence-corrected chi connectivity index (χ3v) is 14.1. The predicted octanol–water partition coefficient (Wildman–Crippen LogP) is 8.96. The Kier molecular flexibility index (Phi) is 13.5. The number of nitrogens with zero attached hydrogens (tertiary/aromatic N) is 6. The van der Waals surface area contributed by atoms with Crippen molar-refractivity contribution in [2.24, 2.45) is 0 Å². The molecule has 8 rings (SSSR count). The number of piperazine rings is 1. The number of sulfonamides is 1. The lowest BCUT2D eigenvalue weighted by atomic mass is 9.99. The quantitative estimate of drug-likeness (QED) is 0.0577. The van der Waals surface area contributed by atoms with Crippen molar-refractivity contribution in [1.29, 1.82) is 0 Å². The van der Waals surface area contributed by atoms with Gasteiger partial charge in [-0.2, -0.15) is 0 Å². The van der Waals surface area contributed by atoms with Crippen LogP contribution in [0.25, 0.3) is 22.0 Å². The number of anilines is 3. The molecule has 2 N–H and O–H groups in total. The number of carbonyl (C=O) groups is 1. The fraction of sp³-hybridized carbons (Fsp3) is 0.283. The van der Waals surface area contributed by atoms with Crippen LogP contribution in [-0.2, 0) is 21.4 Å². The standard InChI is InChI=1S/C46H47ClN8O5S2/c47-35-15-13-33(14-16-35)40-12-6-5-9-34(40)30-52-23-25-53(26-24-52)37-17-19-41-43(28-37)48-32-49-46(41)51-62(59,60)39-18-20-42(44(29-39)55(57)58)50-36(31-61-38-10-3-1-4-11-38)27-45(56)54-21-7-2-8-22-54/h1,3-6,9-20,28-29,32,36,50H,2,7-8,21-27,30-31H2,(H,48,49,51)/t36-/m1/s1. The van der Waals surface area contributed by atoms with Crippen LogP contribution in [0.4, 0.5) is 22.9 Å². The van der Waals surface area contributed by atoms with Crippen LogP contribution in [0.5, 0.6) is 0 Å². The second-order valence-corrected chi connectivity index (χ2v) is 18.7. The first kappa shape index (κ1) is 42.9. The minimum absolute atomic E-state index is 0.0164. The highest BCUT2D eigenvalue weighted by molar-refractivity contribution is 7.99. The van der Waals surface area contributed by atoms with Gasteiger partial charge in [0.15, 0.2) is 5.82 Å². The Labute approximate surface area is 370 Å². The Morgan fingerprint density at radius 2 is 1.58 bits per heavy atom. The maximum absolute atomic E-state index is 13.8. The number of halogens is 1. The molecule has 62 heavy (non-hydrogen) atoms. The largest absolute Gasteiger partial charge is 0.375 e. The number of likely N-dealkylation sites (tertiary alicyclic amines) is 1. The van der Waals surface area contributed by atoms with Crippen molar-refractivity contribution in [3.8, 4) is 11.1 Å². The van der Waals surface area contributed by atoms with Crippen molar-refractivity contribution in [1.82, 2.24) is 19.8 Å². The predicted molar refractivity (Wildman–Crippen MR) is 247 cm³/mol. The molecule has 1 atom stereocenters. The van der Waals surface area contributed by atoms with Crippen molar-refractivity contribution in [3.63, 3.8) is 0 Å². The second kappa shape index (κ2) is 19.5. The SMILES string of the molecule is O=C(C[C@H](CSc1ccccc1)Nc1ccc(S(=O)(=O)Nc2ncnc3cc(N4CCN(Cc5ccccc5-c5ccc(Cl)cc5)CC4)ccc23)cc1[N+](=O)[O-])N1CCCCC1. The molecule has 6 aromatic rings. The summed E-state index contributed by atoms with van der Waals surface area (Å²) in [7, 11) is -4.33. The summed E-state index contributed by atoms with van der Waals surface area (Å²) in [5, 5.41) is 16.9. The fourth-order valence-electron chi connectivity index (χ4n) is 8.00. The number of fused-ring (bicyclic) bond motifs is 1. The zero-order valence-corrected chi connectivity index (χ0v) is 36.4. The van der Waals surface area contributed by atoms with Gasteiger partial charge in [0.2, 0.25) is 5.91 Å². The number of nitro benzene ring substituents is 1. The van der Waals surface area contributed by atoms with Crippen LogP contribution in [0.2, 0.25) is 5.02 Å². The van der Waals surface area contributed by atoms with Gasteiger partial charge in [-0.15, -0.1) is 11.8 Å². The van der Waals surface area contributed by atoms with E-state index in [1.54, 1.807) is 17.8 Å². The Bertz CT molecular complexity index is 2640. The van der Waals surface area contributed by atoms with Crippen LogP contribution in [0.15, 0.2) is 131 Å². The van der Waals surface area contributed by atoms with E-state index in [1.807, 2.05) is 71.6 Å². The number of carbonyl (C=O) groups excluding carboxylic acids is 1. The smallest absolute Gasteiger partial charge is 0.293 e. The van der Waals surface area contributed by atoms with E-state index in [2.05, 4.69) is 54.1 Å². The zero-order valence-electron chi connectivity index (χ0n) is 34.0. The van der Waals surface area contributed by atoms with Crippen molar-refractivity contribution in [3.05, 3.63) is 142 Å². The highest BCUT2D eigenvalue weighted by Gasteiger charge is 2.27. The second-order valence-electron chi connectivity index (χ2n) is 15.5. The van der Waals surface area contributed by atoms with Crippen LogP contribution < -0.4 is 14.9 Å². The number of benzene rings is 5. The minimum atomic E-state index is -4.33. The molecule has 320 valence electrons. The Morgan fingerprint density at radius 3 is 2.34 bits per heavy atom.